The minimum absolute atomic E-state index is 0.115. The van der Waals surface area contributed by atoms with Crippen LogP contribution >= 0.6 is 0 Å². The van der Waals surface area contributed by atoms with Crippen molar-refractivity contribution in [2.45, 2.75) is 12.5 Å². The zero-order chi connectivity index (χ0) is 15.6. The molecule has 0 aromatic heterocycles. The molecule has 116 valence electrons. The third kappa shape index (κ3) is 2.60. The maximum atomic E-state index is 6.54. The molecular weight excluding hydrogens is 282 g/mol. The summed E-state index contributed by atoms with van der Waals surface area (Å²) in [5.41, 5.74) is 2.75. The molecule has 0 heterocycles. The van der Waals surface area contributed by atoms with Gasteiger partial charge in [-0.25, -0.2) is 0 Å². The van der Waals surface area contributed by atoms with Crippen molar-refractivity contribution < 1.29 is 4.74 Å². The summed E-state index contributed by atoms with van der Waals surface area (Å²) in [6.07, 6.45) is 1.19. The van der Waals surface area contributed by atoms with E-state index in [9.17, 15) is 0 Å². The molecule has 2 heteroatoms. The lowest BCUT2D eigenvalue weighted by Crippen LogP contribution is -2.25. The molecule has 23 heavy (non-hydrogen) atoms. The van der Waals surface area contributed by atoms with E-state index in [2.05, 4.69) is 72.0 Å². The third-order valence-corrected chi connectivity index (χ3v) is 4.74. The van der Waals surface area contributed by atoms with Gasteiger partial charge < -0.3 is 10.1 Å². The summed E-state index contributed by atoms with van der Waals surface area (Å²) < 4.78 is 6.54. The van der Waals surface area contributed by atoms with Gasteiger partial charge in [-0.1, -0.05) is 60.7 Å². The highest BCUT2D eigenvalue weighted by Crippen LogP contribution is 2.40. The van der Waals surface area contributed by atoms with E-state index in [0.717, 1.165) is 18.7 Å². The molecule has 3 aromatic rings. The first-order chi connectivity index (χ1) is 11.4. The Morgan fingerprint density at radius 3 is 2.65 bits per heavy atom. The van der Waals surface area contributed by atoms with E-state index in [1.54, 1.807) is 0 Å². The van der Waals surface area contributed by atoms with E-state index >= 15 is 0 Å². The summed E-state index contributed by atoms with van der Waals surface area (Å²) in [5.74, 6) is 1.45. The van der Waals surface area contributed by atoms with Crippen LogP contribution in [0.15, 0.2) is 66.7 Å². The second-order valence-electron chi connectivity index (χ2n) is 6.24. The molecule has 1 aliphatic carbocycles. The van der Waals surface area contributed by atoms with Crippen molar-refractivity contribution >= 4 is 10.8 Å². The number of benzene rings is 3. The number of hydrogen-bond donors (Lipinski definition) is 1. The van der Waals surface area contributed by atoms with Crippen LogP contribution in [0.2, 0.25) is 0 Å². The van der Waals surface area contributed by atoms with Crippen LogP contribution in [0.4, 0.5) is 0 Å². The van der Waals surface area contributed by atoms with Gasteiger partial charge in [0.25, 0.3) is 0 Å². The summed E-state index contributed by atoms with van der Waals surface area (Å²) in [6, 6.07) is 23.4. The standard InChI is InChI=1S/C21H21NO/c1-22-14-17-13-16-8-3-5-11-19(16)21(17)23-20-12-6-9-15-7-2-4-10-18(15)20/h2-12,17,21-22H,13-14H2,1H3/t17-,21+/m0/s1. The van der Waals surface area contributed by atoms with Crippen LogP contribution < -0.4 is 10.1 Å². The summed E-state index contributed by atoms with van der Waals surface area (Å²) in [7, 11) is 2.01. The molecule has 0 spiro atoms. The summed E-state index contributed by atoms with van der Waals surface area (Å²) in [5, 5.41) is 5.72. The zero-order valence-corrected chi connectivity index (χ0v) is 13.3. The van der Waals surface area contributed by atoms with Crippen molar-refractivity contribution in [3.05, 3.63) is 77.9 Å². The highest BCUT2D eigenvalue weighted by Gasteiger charge is 2.33. The molecule has 0 radical (unpaired) electrons. The van der Waals surface area contributed by atoms with Crippen LogP contribution in [-0.2, 0) is 6.42 Å². The third-order valence-electron chi connectivity index (χ3n) is 4.74. The highest BCUT2D eigenvalue weighted by molar-refractivity contribution is 5.88. The summed E-state index contributed by atoms with van der Waals surface area (Å²) in [4.78, 5) is 0. The van der Waals surface area contributed by atoms with E-state index in [-0.39, 0.29) is 6.10 Å². The molecule has 0 saturated carbocycles. The Morgan fingerprint density at radius 1 is 0.957 bits per heavy atom. The minimum Gasteiger partial charge on any atom is -0.485 e. The van der Waals surface area contributed by atoms with Gasteiger partial charge in [-0.05, 0) is 36.0 Å². The Balaban J connectivity index is 1.73. The van der Waals surface area contributed by atoms with Gasteiger partial charge in [-0.15, -0.1) is 0 Å². The number of hydrogen-bond acceptors (Lipinski definition) is 2. The molecule has 0 aliphatic heterocycles. The first-order valence-electron chi connectivity index (χ1n) is 8.23. The first kappa shape index (κ1) is 14.3. The minimum atomic E-state index is 0.115. The molecule has 0 saturated heterocycles. The highest BCUT2D eigenvalue weighted by atomic mass is 16.5. The van der Waals surface area contributed by atoms with Crippen LogP contribution in [0.25, 0.3) is 10.8 Å². The lowest BCUT2D eigenvalue weighted by Gasteiger charge is -2.23. The number of nitrogens with one attached hydrogen (secondary N) is 1. The van der Waals surface area contributed by atoms with Gasteiger partial charge in [0.15, 0.2) is 0 Å². The van der Waals surface area contributed by atoms with Crippen molar-refractivity contribution in [2.75, 3.05) is 13.6 Å². The van der Waals surface area contributed by atoms with Gasteiger partial charge in [-0.3, -0.25) is 0 Å². The molecule has 2 nitrogen and oxygen atoms in total. The molecule has 3 aromatic carbocycles. The predicted octanol–water partition coefficient (Wildman–Crippen LogP) is 4.35. The zero-order valence-electron chi connectivity index (χ0n) is 13.3. The lowest BCUT2D eigenvalue weighted by molar-refractivity contribution is 0.151. The maximum Gasteiger partial charge on any atom is 0.128 e. The maximum absolute atomic E-state index is 6.54. The SMILES string of the molecule is CNC[C@@H]1Cc2ccccc2[C@@H]1Oc1cccc2ccccc12. The second-order valence-corrected chi connectivity index (χ2v) is 6.24. The van der Waals surface area contributed by atoms with Crippen LogP contribution in [0.1, 0.15) is 17.2 Å². The van der Waals surface area contributed by atoms with E-state index in [0.29, 0.717) is 5.92 Å². The van der Waals surface area contributed by atoms with E-state index in [1.165, 1.54) is 21.9 Å². The van der Waals surface area contributed by atoms with E-state index < -0.39 is 0 Å². The van der Waals surface area contributed by atoms with Crippen LogP contribution in [0, 0.1) is 5.92 Å². The van der Waals surface area contributed by atoms with Crippen molar-refractivity contribution in [2.24, 2.45) is 5.92 Å². The molecule has 1 aliphatic rings. The number of ether oxygens (including phenoxy) is 1. The molecule has 2 atom stereocenters. The van der Waals surface area contributed by atoms with Gasteiger partial charge in [0.05, 0.1) is 0 Å². The Kier molecular flexibility index (Phi) is 3.76. The normalized spacial score (nSPS) is 19.7. The molecule has 1 N–H and O–H groups in total. The first-order valence-corrected chi connectivity index (χ1v) is 8.23. The lowest BCUT2D eigenvalue weighted by atomic mass is 10.0. The van der Waals surface area contributed by atoms with Gasteiger partial charge in [0, 0.05) is 17.8 Å². The smallest absolute Gasteiger partial charge is 0.128 e. The average Bonchev–Trinajstić information content (AvgIpc) is 2.93. The van der Waals surface area contributed by atoms with Gasteiger partial charge in [0.2, 0.25) is 0 Å². The van der Waals surface area contributed by atoms with Crippen LogP contribution in [0.3, 0.4) is 0 Å². The molecule has 0 unspecified atom stereocenters. The fourth-order valence-corrected chi connectivity index (χ4v) is 3.68. The number of rotatable bonds is 4. The molecule has 0 bridgehead atoms. The van der Waals surface area contributed by atoms with Gasteiger partial charge in [0.1, 0.15) is 11.9 Å². The second kappa shape index (κ2) is 6.05. The fraction of sp³-hybridized carbons (Fsp3) is 0.238. The molecule has 0 amide bonds. The van der Waals surface area contributed by atoms with Crippen molar-refractivity contribution in [1.29, 1.82) is 0 Å². The van der Waals surface area contributed by atoms with Crippen molar-refractivity contribution in [3.8, 4) is 5.75 Å². The predicted molar refractivity (Wildman–Crippen MR) is 94.9 cm³/mol. The topological polar surface area (TPSA) is 21.3 Å². The van der Waals surface area contributed by atoms with E-state index in [4.69, 9.17) is 4.74 Å². The van der Waals surface area contributed by atoms with Crippen LogP contribution in [0.5, 0.6) is 5.75 Å². The van der Waals surface area contributed by atoms with E-state index in [1.807, 2.05) is 7.05 Å². The number of fused-ring (bicyclic) bond motifs is 2. The van der Waals surface area contributed by atoms with Crippen molar-refractivity contribution in [3.63, 3.8) is 0 Å². The van der Waals surface area contributed by atoms with Crippen LogP contribution in [-0.4, -0.2) is 13.6 Å². The molecular formula is C21H21NO. The Hall–Kier alpha value is -2.32. The Bertz CT molecular complexity index is 821. The molecule has 0 fully saturated rings. The quantitative estimate of drug-likeness (QED) is 0.773. The molecule has 4 rings (SSSR count). The monoisotopic (exact) mass is 303 g/mol. The van der Waals surface area contributed by atoms with Gasteiger partial charge in [-0.2, -0.15) is 0 Å². The Morgan fingerprint density at radius 2 is 1.74 bits per heavy atom. The fourth-order valence-electron chi connectivity index (χ4n) is 3.68. The Labute approximate surface area is 137 Å². The van der Waals surface area contributed by atoms with Gasteiger partial charge >= 0.3 is 0 Å². The average molecular weight is 303 g/mol. The summed E-state index contributed by atoms with van der Waals surface area (Å²) >= 11 is 0. The summed E-state index contributed by atoms with van der Waals surface area (Å²) in [6.45, 7) is 0.962. The largest absolute Gasteiger partial charge is 0.485 e. The van der Waals surface area contributed by atoms with Crippen molar-refractivity contribution in [1.82, 2.24) is 5.32 Å².